The first-order valence-corrected chi connectivity index (χ1v) is 5.90. The van der Waals surface area contributed by atoms with Crippen LogP contribution in [0.5, 0.6) is 0 Å². The Hall–Kier alpha value is -1.65. The summed E-state index contributed by atoms with van der Waals surface area (Å²) in [5.41, 5.74) is 8.89. The van der Waals surface area contributed by atoms with E-state index in [9.17, 15) is 0 Å². The van der Waals surface area contributed by atoms with Crippen LogP contribution in [0.3, 0.4) is 0 Å². The molecule has 4 N–H and O–H groups in total. The van der Waals surface area contributed by atoms with E-state index in [-0.39, 0.29) is 0 Å². The molecule has 2 rings (SSSR count). The molecule has 0 saturated heterocycles. The van der Waals surface area contributed by atoms with Crippen molar-refractivity contribution in [2.24, 2.45) is 5.73 Å². The molecule has 0 saturated carbocycles. The average molecular weight is 230 g/mol. The van der Waals surface area contributed by atoms with E-state index >= 15 is 0 Å². The Balaban J connectivity index is 2.02. The minimum Gasteiger partial charge on any atom is -0.330 e. The molecular weight excluding hydrogens is 212 g/mol. The first-order chi connectivity index (χ1) is 8.42. The predicted molar refractivity (Wildman–Crippen MR) is 69.4 cm³/mol. The lowest BCUT2D eigenvalue weighted by Crippen LogP contribution is -2.17. The van der Waals surface area contributed by atoms with Gasteiger partial charge in [0.1, 0.15) is 0 Å². The molecule has 4 nitrogen and oxygen atoms in total. The van der Waals surface area contributed by atoms with E-state index in [1.54, 1.807) is 0 Å². The maximum atomic E-state index is 5.45. The first kappa shape index (κ1) is 11.8. The zero-order valence-corrected chi connectivity index (χ0v) is 9.82. The monoisotopic (exact) mass is 230 g/mol. The highest BCUT2D eigenvalue weighted by atomic mass is 15.1. The zero-order chi connectivity index (χ0) is 11.9. The van der Waals surface area contributed by atoms with Crippen molar-refractivity contribution in [1.29, 1.82) is 0 Å². The molecule has 0 radical (unpaired) electrons. The van der Waals surface area contributed by atoms with Crippen LogP contribution in [0, 0.1) is 0 Å². The zero-order valence-electron chi connectivity index (χ0n) is 9.82. The standard InChI is InChI=1S/C13H18N4/c14-7-4-8-15-9-12-10-16-17-13(12)11-5-2-1-3-6-11/h1-3,5-6,10,15H,4,7-9,14H2,(H,16,17). The number of nitrogens with one attached hydrogen (secondary N) is 2. The van der Waals surface area contributed by atoms with Gasteiger partial charge in [0.2, 0.25) is 0 Å². The number of hydrogen-bond donors (Lipinski definition) is 3. The number of H-pyrrole nitrogens is 1. The van der Waals surface area contributed by atoms with Gasteiger partial charge in [-0.2, -0.15) is 5.10 Å². The van der Waals surface area contributed by atoms with Crippen molar-refractivity contribution < 1.29 is 0 Å². The van der Waals surface area contributed by atoms with Crippen LogP contribution in [0.1, 0.15) is 12.0 Å². The largest absolute Gasteiger partial charge is 0.330 e. The molecule has 17 heavy (non-hydrogen) atoms. The number of aromatic nitrogens is 2. The normalized spacial score (nSPS) is 10.6. The number of benzene rings is 1. The lowest BCUT2D eigenvalue weighted by molar-refractivity contribution is 0.656. The van der Waals surface area contributed by atoms with Crippen LogP contribution in [-0.4, -0.2) is 23.3 Å². The summed E-state index contributed by atoms with van der Waals surface area (Å²) >= 11 is 0. The van der Waals surface area contributed by atoms with E-state index in [0.29, 0.717) is 0 Å². The van der Waals surface area contributed by atoms with Crippen molar-refractivity contribution in [3.05, 3.63) is 42.1 Å². The Morgan fingerprint density at radius 3 is 2.82 bits per heavy atom. The van der Waals surface area contributed by atoms with E-state index in [1.807, 2.05) is 24.4 Å². The fourth-order valence-corrected chi connectivity index (χ4v) is 1.75. The number of rotatable bonds is 6. The third kappa shape index (κ3) is 3.15. The molecule has 0 unspecified atom stereocenters. The molecule has 0 amide bonds. The van der Waals surface area contributed by atoms with Gasteiger partial charge >= 0.3 is 0 Å². The van der Waals surface area contributed by atoms with E-state index in [2.05, 4.69) is 27.6 Å². The molecule has 4 heteroatoms. The van der Waals surface area contributed by atoms with Crippen molar-refractivity contribution in [1.82, 2.24) is 15.5 Å². The van der Waals surface area contributed by atoms with Gasteiger partial charge in [0.25, 0.3) is 0 Å². The minimum atomic E-state index is 0.726. The fourth-order valence-electron chi connectivity index (χ4n) is 1.75. The smallest absolute Gasteiger partial charge is 0.0695 e. The third-order valence-corrected chi connectivity index (χ3v) is 2.65. The van der Waals surface area contributed by atoms with Gasteiger partial charge in [-0.3, -0.25) is 5.10 Å². The second kappa shape index (κ2) is 6.18. The SMILES string of the molecule is NCCCNCc1cn[nH]c1-c1ccccc1. The van der Waals surface area contributed by atoms with E-state index in [4.69, 9.17) is 5.73 Å². The fraction of sp³-hybridized carbons (Fsp3) is 0.308. The van der Waals surface area contributed by atoms with Crippen molar-refractivity contribution in [3.63, 3.8) is 0 Å². The molecule has 0 atom stereocenters. The molecular formula is C13H18N4. The van der Waals surface area contributed by atoms with Gasteiger partial charge in [0, 0.05) is 12.1 Å². The summed E-state index contributed by atoms with van der Waals surface area (Å²) in [7, 11) is 0. The minimum absolute atomic E-state index is 0.726. The Bertz CT molecular complexity index is 436. The summed E-state index contributed by atoms with van der Waals surface area (Å²) in [6, 6.07) is 10.2. The molecule has 0 aliphatic carbocycles. The Morgan fingerprint density at radius 2 is 2.06 bits per heavy atom. The lowest BCUT2D eigenvalue weighted by Gasteiger charge is -2.05. The Morgan fingerprint density at radius 1 is 1.24 bits per heavy atom. The van der Waals surface area contributed by atoms with Gasteiger partial charge in [-0.25, -0.2) is 0 Å². The molecule has 0 fully saturated rings. The second-order valence-electron chi connectivity index (χ2n) is 3.96. The number of hydrogen-bond acceptors (Lipinski definition) is 3. The summed E-state index contributed by atoms with van der Waals surface area (Å²) in [6.07, 6.45) is 2.87. The third-order valence-electron chi connectivity index (χ3n) is 2.65. The van der Waals surface area contributed by atoms with Crippen molar-refractivity contribution in [2.45, 2.75) is 13.0 Å². The Kier molecular flexibility index (Phi) is 4.30. The van der Waals surface area contributed by atoms with Crippen LogP contribution in [0.4, 0.5) is 0 Å². The van der Waals surface area contributed by atoms with Gasteiger partial charge in [-0.05, 0) is 25.1 Å². The van der Waals surface area contributed by atoms with E-state index < -0.39 is 0 Å². The van der Waals surface area contributed by atoms with Gasteiger partial charge < -0.3 is 11.1 Å². The summed E-state index contributed by atoms with van der Waals surface area (Å²) in [6.45, 7) is 2.49. The van der Waals surface area contributed by atoms with E-state index in [0.717, 1.165) is 31.7 Å². The van der Waals surface area contributed by atoms with Crippen molar-refractivity contribution >= 4 is 0 Å². The molecule has 2 aromatic rings. The molecule has 0 bridgehead atoms. The second-order valence-corrected chi connectivity index (χ2v) is 3.96. The molecule has 1 aromatic heterocycles. The maximum Gasteiger partial charge on any atom is 0.0695 e. The first-order valence-electron chi connectivity index (χ1n) is 5.90. The summed E-state index contributed by atoms with van der Waals surface area (Å²) < 4.78 is 0. The molecule has 1 heterocycles. The highest BCUT2D eigenvalue weighted by molar-refractivity contribution is 5.62. The number of nitrogens with zero attached hydrogens (tertiary/aromatic N) is 1. The molecule has 90 valence electrons. The average Bonchev–Trinajstić information content (AvgIpc) is 2.84. The highest BCUT2D eigenvalue weighted by Gasteiger charge is 2.06. The van der Waals surface area contributed by atoms with Gasteiger partial charge in [0.15, 0.2) is 0 Å². The van der Waals surface area contributed by atoms with Crippen LogP contribution in [-0.2, 0) is 6.54 Å². The topological polar surface area (TPSA) is 66.7 Å². The summed E-state index contributed by atoms with van der Waals surface area (Å²) in [5.74, 6) is 0. The predicted octanol–water partition coefficient (Wildman–Crippen LogP) is 1.52. The van der Waals surface area contributed by atoms with Crippen LogP contribution >= 0.6 is 0 Å². The van der Waals surface area contributed by atoms with Crippen LogP contribution in [0.2, 0.25) is 0 Å². The van der Waals surface area contributed by atoms with Gasteiger partial charge in [-0.1, -0.05) is 30.3 Å². The van der Waals surface area contributed by atoms with Crippen LogP contribution in [0.15, 0.2) is 36.5 Å². The highest BCUT2D eigenvalue weighted by Crippen LogP contribution is 2.20. The molecule has 0 aliphatic heterocycles. The molecule has 0 spiro atoms. The van der Waals surface area contributed by atoms with Crippen molar-refractivity contribution in [2.75, 3.05) is 13.1 Å². The molecule has 1 aromatic carbocycles. The number of aromatic amines is 1. The summed E-state index contributed by atoms with van der Waals surface area (Å²) in [4.78, 5) is 0. The quantitative estimate of drug-likeness (QED) is 0.659. The lowest BCUT2D eigenvalue weighted by atomic mass is 10.1. The summed E-state index contributed by atoms with van der Waals surface area (Å²) in [5, 5.41) is 10.5. The molecule has 0 aliphatic rings. The number of nitrogens with two attached hydrogens (primary N) is 1. The Labute approximate surface area is 101 Å². The van der Waals surface area contributed by atoms with Crippen molar-refractivity contribution in [3.8, 4) is 11.3 Å². The maximum absolute atomic E-state index is 5.45. The van der Waals surface area contributed by atoms with Crippen LogP contribution in [0.25, 0.3) is 11.3 Å². The van der Waals surface area contributed by atoms with E-state index in [1.165, 1.54) is 11.1 Å². The van der Waals surface area contributed by atoms with Gasteiger partial charge in [0.05, 0.1) is 11.9 Å². The van der Waals surface area contributed by atoms with Gasteiger partial charge in [-0.15, -0.1) is 0 Å². The van der Waals surface area contributed by atoms with Crippen LogP contribution < -0.4 is 11.1 Å².